The molecule has 1 atom stereocenters. The molecule has 2 N–H and O–H groups in total. The molecule has 0 aliphatic carbocycles. The van der Waals surface area contributed by atoms with Crippen molar-refractivity contribution in [3.63, 3.8) is 0 Å². The second-order valence-corrected chi connectivity index (χ2v) is 6.86. The van der Waals surface area contributed by atoms with Gasteiger partial charge in [-0.3, -0.25) is 9.89 Å². The van der Waals surface area contributed by atoms with Crippen LogP contribution in [0.5, 0.6) is 0 Å². The van der Waals surface area contributed by atoms with Crippen LogP contribution in [0, 0.1) is 13.8 Å². The third-order valence-electron chi connectivity index (χ3n) is 4.21. The summed E-state index contributed by atoms with van der Waals surface area (Å²) in [4.78, 5) is 11.9. The number of nitrogens with zero attached hydrogens (tertiary/aromatic N) is 3. The fourth-order valence-electron chi connectivity index (χ4n) is 3.11. The van der Waals surface area contributed by atoms with Crippen LogP contribution in [0.1, 0.15) is 27.8 Å². The Bertz CT molecular complexity index is 899. The van der Waals surface area contributed by atoms with E-state index in [1.54, 1.807) is 18.0 Å². The van der Waals surface area contributed by atoms with E-state index in [2.05, 4.69) is 22.4 Å². The van der Waals surface area contributed by atoms with Gasteiger partial charge >= 0.3 is 0 Å². The Hall–Kier alpha value is -2.54. The van der Waals surface area contributed by atoms with Crippen molar-refractivity contribution in [3.05, 3.63) is 59.0 Å². The Balaban J connectivity index is 1.84. The van der Waals surface area contributed by atoms with Gasteiger partial charge in [0.25, 0.3) is 0 Å². The number of anilines is 1. The van der Waals surface area contributed by atoms with Crippen molar-refractivity contribution in [1.29, 1.82) is 0 Å². The van der Waals surface area contributed by atoms with Gasteiger partial charge < -0.3 is 5.32 Å². The van der Waals surface area contributed by atoms with Crippen LogP contribution < -0.4 is 5.32 Å². The molecule has 4 rings (SSSR count). The number of carbonyl (C=O) groups is 1. The Labute approximate surface area is 143 Å². The van der Waals surface area contributed by atoms with Crippen LogP contribution in [-0.2, 0) is 4.79 Å². The second-order valence-electron chi connectivity index (χ2n) is 5.77. The van der Waals surface area contributed by atoms with Gasteiger partial charge in [0.2, 0.25) is 5.91 Å². The first-order valence-corrected chi connectivity index (χ1v) is 8.76. The number of para-hydroxylation sites is 1. The number of benzene rings is 1. The second kappa shape index (κ2) is 5.83. The molecule has 0 bridgehead atoms. The van der Waals surface area contributed by atoms with E-state index in [9.17, 15) is 4.79 Å². The molecule has 2 aromatic heterocycles. The SMILES string of the molecule is Cc1nn(-c2ccccc2)c(C)c1[C@@H]1SCC(=O)Nc2[nH]ncc21. The number of fused-ring (bicyclic) bond motifs is 1. The lowest BCUT2D eigenvalue weighted by Crippen LogP contribution is -2.12. The first-order valence-electron chi connectivity index (χ1n) is 7.71. The number of thioether (sulfide) groups is 1. The van der Waals surface area contributed by atoms with Gasteiger partial charge in [0, 0.05) is 16.8 Å². The summed E-state index contributed by atoms with van der Waals surface area (Å²) in [5, 5.41) is 14.6. The molecular weight excluding hydrogens is 322 g/mol. The highest BCUT2D eigenvalue weighted by Gasteiger charge is 2.30. The van der Waals surface area contributed by atoms with E-state index in [1.807, 2.05) is 41.9 Å². The molecule has 1 aromatic carbocycles. The van der Waals surface area contributed by atoms with Crippen LogP contribution in [0.2, 0.25) is 0 Å². The summed E-state index contributed by atoms with van der Waals surface area (Å²) < 4.78 is 1.96. The van der Waals surface area contributed by atoms with E-state index < -0.39 is 0 Å². The van der Waals surface area contributed by atoms with E-state index >= 15 is 0 Å². The smallest absolute Gasteiger partial charge is 0.235 e. The lowest BCUT2D eigenvalue weighted by molar-refractivity contribution is -0.113. The zero-order valence-electron chi connectivity index (χ0n) is 13.4. The van der Waals surface area contributed by atoms with Crippen molar-refractivity contribution in [3.8, 4) is 5.69 Å². The lowest BCUT2D eigenvalue weighted by Gasteiger charge is -2.14. The van der Waals surface area contributed by atoms with Gasteiger partial charge in [-0.25, -0.2) is 4.68 Å². The highest BCUT2D eigenvalue weighted by molar-refractivity contribution is 8.00. The van der Waals surface area contributed by atoms with Gasteiger partial charge in [-0.2, -0.15) is 10.2 Å². The predicted molar refractivity (Wildman–Crippen MR) is 94.6 cm³/mol. The summed E-state index contributed by atoms with van der Waals surface area (Å²) in [5.41, 5.74) is 5.21. The van der Waals surface area contributed by atoms with Gasteiger partial charge in [0.05, 0.1) is 28.6 Å². The monoisotopic (exact) mass is 339 g/mol. The minimum absolute atomic E-state index is 0.0150. The molecule has 0 spiro atoms. The minimum Gasteiger partial charge on any atom is -0.310 e. The maximum atomic E-state index is 11.9. The summed E-state index contributed by atoms with van der Waals surface area (Å²) in [6, 6.07) is 10.1. The molecule has 24 heavy (non-hydrogen) atoms. The van der Waals surface area contributed by atoms with Crippen LogP contribution in [0.25, 0.3) is 5.69 Å². The molecular formula is C17H17N5OS. The fraction of sp³-hybridized carbons (Fsp3) is 0.235. The Morgan fingerprint density at radius 1 is 1.25 bits per heavy atom. The van der Waals surface area contributed by atoms with Gasteiger partial charge in [0.1, 0.15) is 5.82 Å². The summed E-state index contributed by atoms with van der Waals surface area (Å²) in [5.74, 6) is 1.07. The number of H-pyrrole nitrogens is 1. The molecule has 0 radical (unpaired) electrons. The Kier molecular flexibility index (Phi) is 3.65. The zero-order valence-corrected chi connectivity index (χ0v) is 14.2. The fourth-order valence-corrected chi connectivity index (χ4v) is 4.37. The first-order chi connectivity index (χ1) is 11.6. The normalized spacial score (nSPS) is 17.2. The number of amides is 1. The summed E-state index contributed by atoms with van der Waals surface area (Å²) in [7, 11) is 0. The number of aryl methyl sites for hydroxylation is 1. The molecule has 3 aromatic rings. The van der Waals surface area contributed by atoms with E-state index in [0.29, 0.717) is 11.6 Å². The van der Waals surface area contributed by atoms with Gasteiger partial charge in [-0.1, -0.05) is 18.2 Å². The third-order valence-corrected chi connectivity index (χ3v) is 5.46. The minimum atomic E-state index is -0.0150. The van der Waals surface area contributed by atoms with E-state index in [4.69, 9.17) is 5.10 Å². The standard InChI is InChI=1S/C17H17N5OS/c1-10-15(11(2)22(21-10)12-6-4-3-5-7-12)16-13-8-18-20-17(13)19-14(23)9-24-16/h3-8,16H,9H2,1-2H3,(H2,18,19,20,23)/t16-/m1/s1. The molecule has 3 heterocycles. The number of rotatable bonds is 2. The number of hydrogen-bond donors (Lipinski definition) is 2. The molecule has 1 amide bonds. The number of nitrogens with one attached hydrogen (secondary N) is 2. The quantitative estimate of drug-likeness (QED) is 0.752. The molecule has 1 aliphatic rings. The van der Waals surface area contributed by atoms with Crippen LogP contribution in [0.15, 0.2) is 36.5 Å². The van der Waals surface area contributed by atoms with Gasteiger partial charge in [-0.05, 0) is 26.0 Å². The van der Waals surface area contributed by atoms with Crippen LogP contribution >= 0.6 is 11.8 Å². The van der Waals surface area contributed by atoms with E-state index in [1.165, 1.54) is 0 Å². The van der Waals surface area contributed by atoms with Crippen LogP contribution in [0.3, 0.4) is 0 Å². The predicted octanol–water partition coefficient (Wildman–Crippen LogP) is 2.99. The van der Waals surface area contributed by atoms with Crippen molar-refractivity contribution in [1.82, 2.24) is 20.0 Å². The highest BCUT2D eigenvalue weighted by Crippen LogP contribution is 2.43. The largest absolute Gasteiger partial charge is 0.310 e. The maximum Gasteiger partial charge on any atom is 0.235 e. The zero-order chi connectivity index (χ0) is 16.7. The molecule has 0 saturated heterocycles. The number of carbonyl (C=O) groups excluding carboxylic acids is 1. The summed E-state index contributed by atoms with van der Waals surface area (Å²) in [6.07, 6.45) is 1.79. The molecule has 0 unspecified atom stereocenters. The van der Waals surface area contributed by atoms with E-state index in [-0.39, 0.29) is 11.2 Å². The molecule has 6 nitrogen and oxygen atoms in total. The van der Waals surface area contributed by atoms with Crippen molar-refractivity contribution in [2.24, 2.45) is 0 Å². The average molecular weight is 339 g/mol. The average Bonchev–Trinajstić information content (AvgIpc) is 3.11. The Morgan fingerprint density at radius 3 is 2.83 bits per heavy atom. The maximum absolute atomic E-state index is 11.9. The molecule has 0 saturated carbocycles. The van der Waals surface area contributed by atoms with Crippen molar-refractivity contribution < 1.29 is 4.79 Å². The first kappa shape index (κ1) is 15.0. The van der Waals surface area contributed by atoms with Crippen LogP contribution in [0.4, 0.5) is 5.82 Å². The van der Waals surface area contributed by atoms with Crippen molar-refractivity contribution in [2.75, 3.05) is 11.1 Å². The molecule has 0 fully saturated rings. The lowest BCUT2D eigenvalue weighted by atomic mass is 10.0. The number of hydrogen-bond acceptors (Lipinski definition) is 4. The summed E-state index contributed by atoms with van der Waals surface area (Å²) >= 11 is 1.60. The van der Waals surface area contributed by atoms with Crippen molar-refractivity contribution in [2.45, 2.75) is 19.1 Å². The molecule has 1 aliphatic heterocycles. The Morgan fingerprint density at radius 2 is 2.04 bits per heavy atom. The van der Waals surface area contributed by atoms with Crippen molar-refractivity contribution >= 4 is 23.5 Å². The van der Waals surface area contributed by atoms with Crippen LogP contribution in [-0.4, -0.2) is 31.6 Å². The topological polar surface area (TPSA) is 75.6 Å². The molecule has 7 heteroatoms. The van der Waals surface area contributed by atoms with E-state index in [0.717, 1.165) is 28.2 Å². The van der Waals surface area contributed by atoms with Gasteiger partial charge in [-0.15, -0.1) is 11.8 Å². The highest BCUT2D eigenvalue weighted by atomic mass is 32.2. The third kappa shape index (κ3) is 2.41. The molecule has 122 valence electrons. The number of aromatic amines is 1. The number of aromatic nitrogens is 4. The van der Waals surface area contributed by atoms with Gasteiger partial charge in [0.15, 0.2) is 0 Å². The summed E-state index contributed by atoms with van der Waals surface area (Å²) in [6.45, 7) is 4.09.